The van der Waals surface area contributed by atoms with Crippen LogP contribution in [0.5, 0.6) is 0 Å². The molecular formula is C16H18N4. The third-order valence-corrected chi connectivity index (χ3v) is 3.72. The van der Waals surface area contributed by atoms with Crippen molar-refractivity contribution in [3.05, 3.63) is 59.7 Å². The van der Waals surface area contributed by atoms with Crippen molar-refractivity contribution in [2.45, 2.75) is 20.0 Å². The first-order valence-corrected chi connectivity index (χ1v) is 6.75. The van der Waals surface area contributed by atoms with Crippen LogP contribution in [0.1, 0.15) is 16.8 Å². The normalized spacial score (nSPS) is 11.1. The number of nitrogens with one attached hydrogen (secondary N) is 1. The lowest BCUT2D eigenvalue weighted by atomic mass is 10.1. The predicted octanol–water partition coefficient (Wildman–Crippen LogP) is 2.57. The first kappa shape index (κ1) is 12.8. The monoisotopic (exact) mass is 266 g/mol. The molecule has 102 valence electrons. The molecule has 0 aliphatic rings. The SMILES string of the molecule is Cc1c(CNCc2cncc3ccccc23)cnn1C. The van der Waals surface area contributed by atoms with Gasteiger partial charge in [-0.15, -0.1) is 0 Å². The summed E-state index contributed by atoms with van der Waals surface area (Å²) in [6, 6.07) is 8.35. The maximum Gasteiger partial charge on any atom is 0.0537 e. The molecule has 0 fully saturated rings. The standard InChI is InChI=1S/C16H18N4/c1-12-14(11-19-20(12)2)8-18-10-15-9-17-7-13-5-3-4-6-16(13)15/h3-7,9,11,18H,8,10H2,1-2H3. The molecule has 0 saturated heterocycles. The fourth-order valence-electron chi connectivity index (χ4n) is 2.37. The van der Waals surface area contributed by atoms with Crippen LogP contribution in [0.4, 0.5) is 0 Å². The van der Waals surface area contributed by atoms with Crippen LogP contribution in [0.15, 0.2) is 42.9 Å². The van der Waals surface area contributed by atoms with Crippen molar-refractivity contribution < 1.29 is 0 Å². The van der Waals surface area contributed by atoms with E-state index in [9.17, 15) is 0 Å². The molecule has 0 bridgehead atoms. The van der Waals surface area contributed by atoms with Crippen LogP contribution in [0, 0.1) is 6.92 Å². The highest BCUT2D eigenvalue weighted by molar-refractivity contribution is 5.84. The van der Waals surface area contributed by atoms with Crippen molar-refractivity contribution in [2.75, 3.05) is 0 Å². The molecule has 0 atom stereocenters. The Labute approximate surface area is 118 Å². The average molecular weight is 266 g/mol. The number of aromatic nitrogens is 3. The molecule has 0 aliphatic carbocycles. The van der Waals surface area contributed by atoms with E-state index in [2.05, 4.69) is 40.5 Å². The van der Waals surface area contributed by atoms with E-state index in [4.69, 9.17) is 0 Å². The van der Waals surface area contributed by atoms with E-state index in [0.29, 0.717) is 0 Å². The van der Waals surface area contributed by atoms with Gasteiger partial charge < -0.3 is 5.32 Å². The van der Waals surface area contributed by atoms with Crippen LogP contribution in [0.3, 0.4) is 0 Å². The molecule has 3 rings (SSSR count). The third-order valence-electron chi connectivity index (χ3n) is 3.72. The fraction of sp³-hybridized carbons (Fsp3) is 0.250. The van der Waals surface area contributed by atoms with Crippen LogP contribution in [-0.2, 0) is 20.1 Å². The van der Waals surface area contributed by atoms with Crippen molar-refractivity contribution in [3.8, 4) is 0 Å². The van der Waals surface area contributed by atoms with Gasteiger partial charge in [0.15, 0.2) is 0 Å². The van der Waals surface area contributed by atoms with Crippen molar-refractivity contribution >= 4 is 10.8 Å². The van der Waals surface area contributed by atoms with Gasteiger partial charge >= 0.3 is 0 Å². The molecule has 0 amide bonds. The molecule has 0 aliphatic heterocycles. The third kappa shape index (κ3) is 2.42. The number of rotatable bonds is 4. The van der Waals surface area contributed by atoms with E-state index in [1.54, 1.807) is 0 Å². The molecule has 4 nitrogen and oxygen atoms in total. The minimum Gasteiger partial charge on any atom is -0.308 e. The van der Waals surface area contributed by atoms with Crippen LogP contribution in [0.2, 0.25) is 0 Å². The van der Waals surface area contributed by atoms with Gasteiger partial charge in [-0.3, -0.25) is 9.67 Å². The zero-order valence-corrected chi connectivity index (χ0v) is 11.8. The average Bonchev–Trinajstić information content (AvgIpc) is 2.79. The summed E-state index contributed by atoms with van der Waals surface area (Å²) in [5.41, 5.74) is 3.67. The smallest absolute Gasteiger partial charge is 0.0537 e. The molecule has 1 N–H and O–H groups in total. The van der Waals surface area contributed by atoms with Gasteiger partial charge in [0.05, 0.1) is 6.20 Å². The lowest BCUT2D eigenvalue weighted by Gasteiger charge is -2.07. The van der Waals surface area contributed by atoms with Crippen molar-refractivity contribution in [1.82, 2.24) is 20.1 Å². The summed E-state index contributed by atoms with van der Waals surface area (Å²) in [5, 5.41) is 10.2. The lowest BCUT2D eigenvalue weighted by molar-refractivity contribution is 0.686. The zero-order chi connectivity index (χ0) is 13.9. The molecule has 0 spiro atoms. The van der Waals surface area contributed by atoms with E-state index in [0.717, 1.165) is 13.1 Å². The number of fused-ring (bicyclic) bond motifs is 1. The first-order valence-electron chi connectivity index (χ1n) is 6.75. The number of benzene rings is 1. The summed E-state index contributed by atoms with van der Waals surface area (Å²) < 4.78 is 1.90. The van der Waals surface area contributed by atoms with Gasteiger partial charge in [0.2, 0.25) is 0 Å². The highest BCUT2D eigenvalue weighted by Crippen LogP contribution is 2.17. The van der Waals surface area contributed by atoms with Crippen LogP contribution in [-0.4, -0.2) is 14.8 Å². The number of pyridine rings is 1. The van der Waals surface area contributed by atoms with Gasteiger partial charge in [0.1, 0.15) is 0 Å². The predicted molar refractivity (Wildman–Crippen MR) is 80.2 cm³/mol. The Morgan fingerprint density at radius 3 is 2.65 bits per heavy atom. The Balaban J connectivity index is 1.73. The minimum absolute atomic E-state index is 0.808. The molecule has 4 heteroatoms. The summed E-state index contributed by atoms with van der Waals surface area (Å²) >= 11 is 0. The highest BCUT2D eigenvalue weighted by atomic mass is 15.3. The number of aryl methyl sites for hydroxylation is 1. The summed E-state index contributed by atoms with van der Waals surface area (Å²) in [6.45, 7) is 3.72. The van der Waals surface area contributed by atoms with E-state index in [1.807, 2.05) is 36.4 Å². The van der Waals surface area contributed by atoms with E-state index in [-0.39, 0.29) is 0 Å². The zero-order valence-electron chi connectivity index (χ0n) is 11.8. The molecule has 20 heavy (non-hydrogen) atoms. The Hall–Kier alpha value is -2.20. The van der Waals surface area contributed by atoms with Gasteiger partial charge in [-0.05, 0) is 17.9 Å². The topological polar surface area (TPSA) is 42.7 Å². The molecule has 0 saturated carbocycles. The molecule has 2 heterocycles. The van der Waals surface area contributed by atoms with Gasteiger partial charge in [-0.2, -0.15) is 5.10 Å². The maximum absolute atomic E-state index is 4.30. The van der Waals surface area contributed by atoms with E-state index in [1.165, 1.54) is 27.6 Å². The fourth-order valence-corrected chi connectivity index (χ4v) is 2.37. The van der Waals surface area contributed by atoms with Gasteiger partial charge in [-0.25, -0.2) is 0 Å². The molecular weight excluding hydrogens is 248 g/mol. The molecule has 0 radical (unpaired) electrons. The lowest BCUT2D eigenvalue weighted by Crippen LogP contribution is -2.13. The Morgan fingerprint density at radius 1 is 1.05 bits per heavy atom. The first-order chi connectivity index (χ1) is 9.75. The van der Waals surface area contributed by atoms with Gasteiger partial charge in [0.25, 0.3) is 0 Å². The summed E-state index contributed by atoms with van der Waals surface area (Å²) in [5.74, 6) is 0. The minimum atomic E-state index is 0.808. The van der Waals surface area contributed by atoms with Crippen molar-refractivity contribution in [2.24, 2.45) is 7.05 Å². The summed E-state index contributed by atoms with van der Waals surface area (Å²) in [4.78, 5) is 4.30. The quantitative estimate of drug-likeness (QED) is 0.789. The number of hydrogen-bond acceptors (Lipinski definition) is 3. The van der Waals surface area contributed by atoms with Crippen LogP contribution >= 0.6 is 0 Å². The van der Waals surface area contributed by atoms with Crippen LogP contribution < -0.4 is 5.32 Å². The Bertz CT molecular complexity index is 725. The second-order valence-corrected chi connectivity index (χ2v) is 5.00. The molecule has 1 aromatic carbocycles. The second-order valence-electron chi connectivity index (χ2n) is 5.00. The van der Waals surface area contributed by atoms with Crippen LogP contribution in [0.25, 0.3) is 10.8 Å². The Morgan fingerprint density at radius 2 is 1.85 bits per heavy atom. The Kier molecular flexibility index (Phi) is 3.48. The summed E-state index contributed by atoms with van der Waals surface area (Å²) in [7, 11) is 1.97. The van der Waals surface area contributed by atoms with Gasteiger partial charge in [0, 0.05) is 49.2 Å². The number of nitrogens with zero attached hydrogens (tertiary/aromatic N) is 3. The number of hydrogen-bond donors (Lipinski definition) is 1. The largest absolute Gasteiger partial charge is 0.308 e. The van der Waals surface area contributed by atoms with Gasteiger partial charge in [-0.1, -0.05) is 24.3 Å². The highest BCUT2D eigenvalue weighted by Gasteiger charge is 2.04. The summed E-state index contributed by atoms with van der Waals surface area (Å²) in [6.07, 6.45) is 5.76. The van der Waals surface area contributed by atoms with E-state index >= 15 is 0 Å². The molecule has 3 aromatic rings. The maximum atomic E-state index is 4.30. The van der Waals surface area contributed by atoms with Crippen molar-refractivity contribution in [1.29, 1.82) is 0 Å². The molecule has 2 aromatic heterocycles. The van der Waals surface area contributed by atoms with Crippen molar-refractivity contribution in [3.63, 3.8) is 0 Å². The van der Waals surface area contributed by atoms with E-state index < -0.39 is 0 Å². The molecule has 0 unspecified atom stereocenters. The second kappa shape index (κ2) is 5.43.